The number of nitrogen functional groups attached to an aromatic ring is 1. The Morgan fingerprint density at radius 1 is 1.71 bits per heavy atom. The molecule has 3 N–H and O–H groups in total. The van der Waals surface area contributed by atoms with Crippen molar-refractivity contribution in [2.75, 3.05) is 17.7 Å². The van der Waals surface area contributed by atoms with Crippen LogP contribution < -0.4 is 11.1 Å². The summed E-state index contributed by atoms with van der Waals surface area (Å²) in [5.74, 6) is 0.240. The van der Waals surface area contributed by atoms with E-state index in [0.29, 0.717) is 12.3 Å². The van der Waals surface area contributed by atoms with Crippen LogP contribution in [0, 0.1) is 0 Å². The van der Waals surface area contributed by atoms with Gasteiger partial charge in [0.05, 0.1) is 12.3 Å². The Hall–Kier alpha value is -1.49. The van der Waals surface area contributed by atoms with E-state index in [0.717, 1.165) is 0 Å². The van der Waals surface area contributed by atoms with Gasteiger partial charge in [-0.3, -0.25) is 5.32 Å². The van der Waals surface area contributed by atoms with Gasteiger partial charge in [0.25, 0.3) is 0 Å². The molecule has 0 unspecified atom stereocenters. The number of carbonyl (C=O) groups is 1. The maximum atomic E-state index is 11.0. The Balaban J connectivity index is 2.71. The SMILES string of the molecule is CCOC(=O)Nc1cc(N)nc(Cl)c1. The summed E-state index contributed by atoms with van der Waals surface area (Å²) in [6.45, 7) is 2.02. The number of rotatable bonds is 2. The normalized spacial score (nSPS) is 9.57. The lowest BCUT2D eigenvalue weighted by Gasteiger charge is -2.05. The molecule has 6 heteroatoms. The van der Waals surface area contributed by atoms with Crippen LogP contribution in [0.3, 0.4) is 0 Å². The molecule has 0 aliphatic rings. The highest BCUT2D eigenvalue weighted by atomic mass is 35.5. The smallest absolute Gasteiger partial charge is 0.411 e. The summed E-state index contributed by atoms with van der Waals surface area (Å²) in [5, 5.41) is 2.68. The molecule has 1 amide bonds. The van der Waals surface area contributed by atoms with Crippen molar-refractivity contribution in [3.8, 4) is 0 Å². The quantitative estimate of drug-likeness (QED) is 0.739. The average molecular weight is 216 g/mol. The molecule has 0 bridgehead atoms. The number of nitrogens with one attached hydrogen (secondary N) is 1. The monoisotopic (exact) mass is 215 g/mol. The summed E-state index contributed by atoms with van der Waals surface area (Å²) < 4.78 is 4.67. The van der Waals surface area contributed by atoms with E-state index in [9.17, 15) is 4.79 Å². The topological polar surface area (TPSA) is 77.2 Å². The zero-order valence-electron chi connectivity index (χ0n) is 7.58. The molecule has 1 heterocycles. The summed E-state index contributed by atoms with van der Waals surface area (Å²) in [6, 6.07) is 2.97. The lowest BCUT2D eigenvalue weighted by molar-refractivity contribution is 0.168. The van der Waals surface area contributed by atoms with Gasteiger partial charge in [0.15, 0.2) is 0 Å². The third-order valence-electron chi connectivity index (χ3n) is 1.34. The van der Waals surface area contributed by atoms with Crippen LogP contribution in [0.15, 0.2) is 12.1 Å². The van der Waals surface area contributed by atoms with Crippen LogP contribution in [0.5, 0.6) is 0 Å². The average Bonchev–Trinajstić information content (AvgIpc) is 2.01. The van der Waals surface area contributed by atoms with Gasteiger partial charge in [-0.1, -0.05) is 11.6 Å². The van der Waals surface area contributed by atoms with Crippen LogP contribution in [-0.2, 0) is 4.74 Å². The number of nitrogens with zero attached hydrogens (tertiary/aromatic N) is 1. The first-order chi connectivity index (χ1) is 6.61. The maximum absolute atomic E-state index is 11.0. The second-order valence-electron chi connectivity index (χ2n) is 2.45. The molecule has 1 aromatic heterocycles. The van der Waals surface area contributed by atoms with Gasteiger partial charge in [0.1, 0.15) is 11.0 Å². The van der Waals surface area contributed by atoms with Crippen molar-refractivity contribution in [2.45, 2.75) is 6.92 Å². The van der Waals surface area contributed by atoms with E-state index < -0.39 is 6.09 Å². The lowest BCUT2D eigenvalue weighted by Crippen LogP contribution is -2.13. The Kier molecular flexibility index (Phi) is 3.53. The van der Waals surface area contributed by atoms with E-state index in [4.69, 9.17) is 17.3 Å². The van der Waals surface area contributed by atoms with Crippen molar-refractivity contribution in [3.05, 3.63) is 17.3 Å². The molecular weight excluding hydrogens is 206 g/mol. The van der Waals surface area contributed by atoms with Crippen molar-refractivity contribution in [2.24, 2.45) is 0 Å². The number of hydrogen-bond acceptors (Lipinski definition) is 4. The molecule has 0 radical (unpaired) electrons. The van der Waals surface area contributed by atoms with Crippen LogP contribution in [0.1, 0.15) is 6.92 Å². The fraction of sp³-hybridized carbons (Fsp3) is 0.250. The molecule has 0 aromatic carbocycles. The highest BCUT2D eigenvalue weighted by Crippen LogP contribution is 2.16. The fourth-order valence-electron chi connectivity index (χ4n) is 0.874. The first-order valence-electron chi connectivity index (χ1n) is 3.98. The maximum Gasteiger partial charge on any atom is 0.411 e. The molecule has 1 rings (SSSR count). The Labute approximate surface area is 86.2 Å². The molecule has 0 fully saturated rings. The van der Waals surface area contributed by atoms with Crippen LogP contribution in [0.25, 0.3) is 0 Å². The first kappa shape index (κ1) is 10.6. The molecule has 5 nitrogen and oxygen atoms in total. The van der Waals surface area contributed by atoms with Crippen LogP contribution >= 0.6 is 11.6 Å². The van der Waals surface area contributed by atoms with E-state index >= 15 is 0 Å². The molecule has 14 heavy (non-hydrogen) atoms. The van der Waals surface area contributed by atoms with Crippen molar-refractivity contribution in [3.63, 3.8) is 0 Å². The van der Waals surface area contributed by atoms with Gasteiger partial charge < -0.3 is 10.5 Å². The number of aromatic nitrogens is 1. The van der Waals surface area contributed by atoms with Crippen molar-refractivity contribution in [1.29, 1.82) is 0 Å². The van der Waals surface area contributed by atoms with Gasteiger partial charge in [-0.05, 0) is 13.0 Å². The zero-order chi connectivity index (χ0) is 10.6. The fourth-order valence-corrected chi connectivity index (χ4v) is 1.09. The number of amides is 1. The van der Waals surface area contributed by atoms with Gasteiger partial charge in [0, 0.05) is 6.07 Å². The number of ether oxygens (including phenoxy) is 1. The minimum Gasteiger partial charge on any atom is -0.450 e. The van der Waals surface area contributed by atoms with Crippen LogP contribution in [0.2, 0.25) is 5.15 Å². The van der Waals surface area contributed by atoms with Gasteiger partial charge in [-0.2, -0.15) is 0 Å². The second-order valence-corrected chi connectivity index (χ2v) is 2.84. The molecule has 0 saturated carbocycles. The number of nitrogens with two attached hydrogens (primary N) is 1. The van der Waals surface area contributed by atoms with Gasteiger partial charge in [0.2, 0.25) is 0 Å². The largest absolute Gasteiger partial charge is 0.450 e. The van der Waals surface area contributed by atoms with Gasteiger partial charge >= 0.3 is 6.09 Å². The third-order valence-corrected chi connectivity index (χ3v) is 1.53. The highest BCUT2D eigenvalue weighted by Gasteiger charge is 2.03. The summed E-state index contributed by atoms with van der Waals surface area (Å²) in [7, 11) is 0. The molecule has 1 aromatic rings. The van der Waals surface area contributed by atoms with E-state index in [1.54, 1.807) is 6.92 Å². The Morgan fingerprint density at radius 2 is 2.43 bits per heavy atom. The Morgan fingerprint density at radius 3 is 3.00 bits per heavy atom. The number of pyridine rings is 1. The second kappa shape index (κ2) is 4.66. The Bertz CT molecular complexity index is 323. The predicted molar refractivity (Wildman–Crippen MR) is 54.3 cm³/mol. The summed E-state index contributed by atoms with van der Waals surface area (Å²) in [6.07, 6.45) is -0.547. The minimum absolute atomic E-state index is 0.219. The standard InChI is InChI=1S/C8H10ClN3O2/c1-2-14-8(13)11-5-3-6(9)12-7(10)4-5/h3-4H,2H2,1H3,(H3,10,11,12,13). The minimum atomic E-state index is -0.547. The molecule has 76 valence electrons. The molecule has 0 saturated heterocycles. The summed E-state index contributed by atoms with van der Waals surface area (Å²) in [5.41, 5.74) is 5.88. The molecule has 0 spiro atoms. The lowest BCUT2D eigenvalue weighted by atomic mass is 10.4. The first-order valence-corrected chi connectivity index (χ1v) is 4.36. The molecule has 0 atom stereocenters. The van der Waals surface area contributed by atoms with Crippen molar-refractivity contribution in [1.82, 2.24) is 4.98 Å². The van der Waals surface area contributed by atoms with Gasteiger partial charge in [-0.15, -0.1) is 0 Å². The van der Waals surface area contributed by atoms with E-state index in [2.05, 4.69) is 15.0 Å². The van der Waals surface area contributed by atoms with Crippen molar-refractivity contribution < 1.29 is 9.53 Å². The van der Waals surface area contributed by atoms with E-state index in [-0.39, 0.29) is 11.0 Å². The molecular formula is C8H10ClN3O2. The molecule has 0 aliphatic carbocycles. The number of anilines is 2. The number of carbonyl (C=O) groups excluding carboxylic acids is 1. The van der Waals surface area contributed by atoms with E-state index in [1.807, 2.05) is 0 Å². The van der Waals surface area contributed by atoms with Crippen LogP contribution in [-0.4, -0.2) is 17.7 Å². The highest BCUT2D eigenvalue weighted by molar-refractivity contribution is 6.29. The van der Waals surface area contributed by atoms with Gasteiger partial charge in [-0.25, -0.2) is 9.78 Å². The zero-order valence-corrected chi connectivity index (χ0v) is 8.34. The van der Waals surface area contributed by atoms with Crippen LogP contribution in [0.4, 0.5) is 16.3 Å². The number of hydrogen-bond donors (Lipinski definition) is 2. The summed E-state index contributed by atoms with van der Waals surface area (Å²) in [4.78, 5) is 14.7. The number of halogens is 1. The van der Waals surface area contributed by atoms with E-state index in [1.165, 1.54) is 12.1 Å². The molecule has 0 aliphatic heterocycles. The predicted octanol–water partition coefficient (Wildman–Crippen LogP) is 1.89. The van der Waals surface area contributed by atoms with Crippen molar-refractivity contribution >= 4 is 29.2 Å². The summed E-state index contributed by atoms with van der Waals surface area (Å²) >= 11 is 5.63. The third kappa shape index (κ3) is 3.10.